The van der Waals surface area contributed by atoms with Crippen LogP contribution in [-0.4, -0.2) is 74.9 Å². The van der Waals surface area contributed by atoms with Gasteiger partial charge in [-0.3, -0.25) is 18.6 Å². The number of likely N-dealkylation sites (N-methyl/N-ethyl adjacent to an activating group) is 1. The summed E-state index contributed by atoms with van der Waals surface area (Å²) in [6.45, 7) is 4.34. The van der Waals surface area contributed by atoms with E-state index in [9.17, 15) is 19.0 Å². The molecule has 10 heteroatoms. The lowest BCUT2D eigenvalue weighted by Crippen LogP contribution is -2.37. The lowest BCUT2D eigenvalue weighted by molar-refractivity contribution is -0.870. The van der Waals surface area contributed by atoms with E-state index in [0.29, 0.717) is 17.4 Å². The maximum atomic E-state index is 12.9. The molecule has 0 aromatic rings. The van der Waals surface area contributed by atoms with E-state index in [4.69, 9.17) is 18.5 Å². The third-order valence-corrected chi connectivity index (χ3v) is 16.8. The van der Waals surface area contributed by atoms with Crippen LogP contribution in [0.4, 0.5) is 0 Å². The van der Waals surface area contributed by atoms with Gasteiger partial charge in [-0.1, -0.05) is 316 Å². The zero-order valence-corrected chi connectivity index (χ0v) is 58.8. The summed E-state index contributed by atoms with van der Waals surface area (Å²) in [5.74, 6) is -0.790. The highest BCUT2D eigenvalue weighted by Crippen LogP contribution is 2.43. The predicted molar refractivity (Wildman–Crippen MR) is 381 cm³/mol. The summed E-state index contributed by atoms with van der Waals surface area (Å²) < 4.78 is 34.7. The van der Waals surface area contributed by atoms with Crippen molar-refractivity contribution in [1.82, 2.24) is 0 Å². The number of esters is 2. The molecule has 1 N–H and O–H groups in total. The molecule has 0 aliphatic carbocycles. The number of quaternary nitrogens is 1. The molecule has 0 bridgehead atoms. The molecule has 0 heterocycles. The van der Waals surface area contributed by atoms with E-state index in [1.807, 2.05) is 21.1 Å². The van der Waals surface area contributed by atoms with Crippen molar-refractivity contribution in [2.45, 2.75) is 328 Å². The Labute approximate surface area is 544 Å². The van der Waals surface area contributed by atoms with Crippen LogP contribution in [0.2, 0.25) is 0 Å². The van der Waals surface area contributed by atoms with E-state index >= 15 is 0 Å². The fraction of sp³-hybridized carbons (Fsp3) is 0.744. The number of hydrogen-bond donors (Lipinski definition) is 1. The Morgan fingerprint density at radius 1 is 0.364 bits per heavy atom. The molecule has 2 atom stereocenters. The van der Waals surface area contributed by atoms with E-state index in [-0.39, 0.29) is 32.0 Å². The fourth-order valence-corrected chi connectivity index (χ4v) is 10.9. The van der Waals surface area contributed by atoms with Gasteiger partial charge in [0.2, 0.25) is 0 Å². The van der Waals surface area contributed by atoms with Crippen LogP contribution in [0.5, 0.6) is 0 Å². The number of rotatable bonds is 67. The summed E-state index contributed by atoms with van der Waals surface area (Å²) in [6, 6.07) is 0. The van der Waals surface area contributed by atoms with E-state index < -0.39 is 26.5 Å². The first-order valence-corrected chi connectivity index (χ1v) is 38.1. The van der Waals surface area contributed by atoms with Gasteiger partial charge in [-0.2, -0.15) is 0 Å². The van der Waals surface area contributed by atoms with Gasteiger partial charge in [0, 0.05) is 12.8 Å². The molecular weight excluding hydrogens is 1110 g/mol. The summed E-state index contributed by atoms with van der Waals surface area (Å²) in [4.78, 5) is 35.9. The third kappa shape index (κ3) is 71.7. The number of ether oxygens (including phenoxy) is 2. The first kappa shape index (κ1) is 84.7. The molecule has 0 amide bonds. The predicted octanol–water partition coefficient (Wildman–Crippen LogP) is 24.1. The van der Waals surface area contributed by atoms with E-state index in [0.717, 1.165) is 83.5 Å². The second-order valence-electron chi connectivity index (χ2n) is 25.6. The van der Waals surface area contributed by atoms with Gasteiger partial charge in [0.15, 0.2) is 6.10 Å². The minimum atomic E-state index is -4.40. The second-order valence-corrected chi connectivity index (χ2v) is 27.0. The Hall–Kier alpha value is -3.33. The van der Waals surface area contributed by atoms with Crippen LogP contribution in [0.1, 0.15) is 322 Å². The number of phosphoric ester groups is 1. The van der Waals surface area contributed by atoms with Crippen molar-refractivity contribution in [3.63, 3.8) is 0 Å². The molecule has 0 aromatic heterocycles. The van der Waals surface area contributed by atoms with Gasteiger partial charge < -0.3 is 18.9 Å². The summed E-state index contributed by atoms with van der Waals surface area (Å²) >= 11 is 0. The Bertz CT molecular complexity index is 1850. The van der Waals surface area contributed by atoms with Crippen molar-refractivity contribution in [3.05, 3.63) is 109 Å². The van der Waals surface area contributed by atoms with E-state index in [1.165, 1.54) is 205 Å². The quantitative estimate of drug-likeness (QED) is 0.0211. The summed E-state index contributed by atoms with van der Waals surface area (Å²) in [6.07, 6.45) is 96.3. The largest absolute Gasteiger partial charge is 0.472 e. The van der Waals surface area contributed by atoms with Gasteiger partial charge in [0.1, 0.15) is 19.8 Å². The smallest absolute Gasteiger partial charge is 0.462 e. The third-order valence-electron chi connectivity index (χ3n) is 15.8. The van der Waals surface area contributed by atoms with Crippen molar-refractivity contribution >= 4 is 19.8 Å². The van der Waals surface area contributed by atoms with Gasteiger partial charge in [-0.05, 0) is 103 Å². The van der Waals surface area contributed by atoms with Gasteiger partial charge in [-0.15, -0.1) is 0 Å². The molecule has 0 spiro atoms. The van der Waals surface area contributed by atoms with Crippen LogP contribution in [0, 0.1) is 0 Å². The van der Waals surface area contributed by atoms with Crippen molar-refractivity contribution in [3.8, 4) is 0 Å². The highest BCUT2D eigenvalue weighted by atomic mass is 31.2. The number of allylic oxidation sites excluding steroid dienone is 18. The van der Waals surface area contributed by atoms with Gasteiger partial charge in [0.05, 0.1) is 27.7 Å². The first-order chi connectivity index (χ1) is 43.0. The summed E-state index contributed by atoms with van der Waals surface area (Å²) in [5, 5.41) is 0. The SMILES string of the molecule is CC/C=C\C/C=C\C/C=C\C/C=C\C/C=C\C/C=C\C/C=C\CCCCCCCCCCCCCCCCCCCCCC(=O)OC(COC(=O)CCCCCCCCCCCCC/C=C\C/C=C\CCCCCCC)COP(=O)(O)OCC[N+](C)(C)C. The highest BCUT2D eigenvalue weighted by Gasteiger charge is 2.27. The van der Waals surface area contributed by atoms with E-state index in [1.54, 1.807) is 0 Å². The standard InChI is InChI=1S/C78H138NO8P/c1-6-8-10-12-14-16-18-20-22-24-26-28-30-31-32-33-34-35-36-37-38-39-40-41-42-43-44-45-46-47-49-51-53-55-57-59-61-63-65-67-69-71-78(81)87-76(75-86-88(82,83)85-73-72-79(3,4)5)74-84-77(80)70-68-66-64-62-60-58-56-54-52-50-48-29-27-25-23-21-19-17-15-13-11-9-7-2/h8,10,14,16,19-22,25-28,31-32,34-35,37-38,76H,6-7,9,11-13,15,17-18,23-24,29-30,33,36,39-75H2,1-5H3/p+1/b10-8-,16-14-,21-19-,22-20-,27-25-,28-26-,32-31-,35-34-,38-37-. The van der Waals surface area contributed by atoms with Crippen molar-refractivity contribution in [1.29, 1.82) is 0 Å². The molecule has 0 aromatic carbocycles. The molecule has 0 aliphatic rings. The lowest BCUT2D eigenvalue weighted by Gasteiger charge is -2.24. The molecule has 2 unspecified atom stereocenters. The summed E-state index contributed by atoms with van der Waals surface area (Å²) in [5.41, 5.74) is 0. The number of unbranched alkanes of at least 4 members (excludes halogenated alkanes) is 35. The Morgan fingerprint density at radius 2 is 0.648 bits per heavy atom. The zero-order chi connectivity index (χ0) is 64.1. The molecular formula is C78H139NO8P+. The van der Waals surface area contributed by atoms with Crippen LogP contribution < -0.4 is 0 Å². The molecule has 0 fully saturated rings. The Kier molecular flexibility index (Phi) is 65.5. The van der Waals surface area contributed by atoms with Gasteiger partial charge in [-0.25, -0.2) is 4.57 Å². The maximum absolute atomic E-state index is 12.9. The molecule has 0 saturated carbocycles. The number of nitrogens with zero attached hydrogens (tertiary/aromatic N) is 1. The summed E-state index contributed by atoms with van der Waals surface area (Å²) in [7, 11) is 1.48. The average molecular weight is 1250 g/mol. The number of carbonyl (C=O) groups excluding carboxylic acids is 2. The number of phosphoric acid groups is 1. The minimum Gasteiger partial charge on any atom is -0.462 e. The lowest BCUT2D eigenvalue weighted by atomic mass is 10.0. The topological polar surface area (TPSA) is 108 Å². The minimum absolute atomic E-state index is 0.0297. The molecule has 88 heavy (non-hydrogen) atoms. The second kappa shape index (κ2) is 68.0. The molecule has 0 aliphatic heterocycles. The zero-order valence-electron chi connectivity index (χ0n) is 57.9. The number of hydrogen-bond acceptors (Lipinski definition) is 7. The fourth-order valence-electron chi connectivity index (χ4n) is 10.2. The monoisotopic (exact) mass is 1250 g/mol. The first-order valence-electron chi connectivity index (χ1n) is 36.6. The molecule has 508 valence electrons. The van der Waals surface area contributed by atoms with Crippen LogP contribution in [-0.2, 0) is 32.7 Å². The van der Waals surface area contributed by atoms with Crippen LogP contribution in [0.25, 0.3) is 0 Å². The van der Waals surface area contributed by atoms with Gasteiger partial charge in [0.25, 0.3) is 0 Å². The average Bonchev–Trinajstić information content (AvgIpc) is 3.58. The van der Waals surface area contributed by atoms with Crippen molar-refractivity contribution < 1.29 is 42.1 Å². The molecule has 0 saturated heterocycles. The van der Waals surface area contributed by atoms with Crippen LogP contribution in [0.3, 0.4) is 0 Å². The Balaban J connectivity index is 3.98. The molecule has 0 radical (unpaired) electrons. The highest BCUT2D eigenvalue weighted by molar-refractivity contribution is 7.47. The Morgan fingerprint density at radius 3 is 0.966 bits per heavy atom. The van der Waals surface area contributed by atoms with Crippen LogP contribution >= 0.6 is 7.82 Å². The van der Waals surface area contributed by atoms with Gasteiger partial charge >= 0.3 is 19.8 Å². The number of carbonyl (C=O) groups is 2. The normalized spacial score (nSPS) is 13.8. The molecule has 0 rings (SSSR count). The molecule has 9 nitrogen and oxygen atoms in total. The maximum Gasteiger partial charge on any atom is 0.472 e. The van der Waals surface area contributed by atoms with Crippen molar-refractivity contribution in [2.75, 3.05) is 47.5 Å². The van der Waals surface area contributed by atoms with Crippen molar-refractivity contribution in [2.24, 2.45) is 0 Å². The van der Waals surface area contributed by atoms with Crippen LogP contribution in [0.15, 0.2) is 109 Å². The van der Waals surface area contributed by atoms with E-state index in [2.05, 4.69) is 123 Å².